The molecule has 84 valence electrons. The monoisotopic (exact) mass is 210 g/mol. The van der Waals surface area contributed by atoms with Gasteiger partial charge in [-0.2, -0.15) is 0 Å². The summed E-state index contributed by atoms with van der Waals surface area (Å²) in [5.74, 6) is 0. The molecule has 0 fully saturated rings. The fourth-order valence-corrected chi connectivity index (χ4v) is 2.08. The molecule has 1 aliphatic heterocycles. The first-order valence-electron chi connectivity index (χ1n) is 5.49. The molecule has 15 heavy (non-hydrogen) atoms. The van der Waals surface area contributed by atoms with Crippen molar-refractivity contribution in [1.82, 2.24) is 9.88 Å². The Morgan fingerprint density at radius 2 is 2.60 bits per heavy atom. The van der Waals surface area contributed by atoms with Gasteiger partial charge in [-0.25, -0.2) is 0 Å². The van der Waals surface area contributed by atoms with Gasteiger partial charge < -0.3 is 19.7 Å². The number of aromatic nitrogens is 1. The lowest BCUT2D eigenvalue weighted by molar-refractivity contribution is -0.104. The Hall–Kier alpha value is -0.840. The minimum absolute atomic E-state index is 0.204. The zero-order valence-corrected chi connectivity index (χ0v) is 9.02. The first-order chi connectivity index (χ1) is 7.31. The summed E-state index contributed by atoms with van der Waals surface area (Å²) in [6.45, 7) is 4.39. The summed E-state index contributed by atoms with van der Waals surface area (Å²) < 4.78 is 7.36. The van der Waals surface area contributed by atoms with Gasteiger partial charge in [-0.3, -0.25) is 0 Å². The Labute approximate surface area is 89.9 Å². The molecule has 1 aromatic heterocycles. The molecule has 2 N–H and O–H groups in total. The molecule has 4 nitrogen and oxygen atoms in total. The third-order valence-electron chi connectivity index (χ3n) is 2.76. The highest BCUT2D eigenvalue weighted by Crippen LogP contribution is 2.22. The van der Waals surface area contributed by atoms with E-state index in [0.29, 0.717) is 13.0 Å². The third-order valence-corrected chi connectivity index (χ3v) is 2.76. The normalized spacial score (nSPS) is 22.4. The topological polar surface area (TPSA) is 46.4 Å². The number of fused-ring (bicyclic) bond motifs is 1. The van der Waals surface area contributed by atoms with Crippen LogP contribution in [0, 0.1) is 0 Å². The van der Waals surface area contributed by atoms with Crippen molar-refractivity contribution in [3.05, 3.63) is 24.0 Å². The van der Waals surface area contributed by atoms with Crippen molar-refractivity contribution in [2.45, 2.75) is 32.2 Å². The highest BCUT2D eigenvalue weighted by atomic mass is 16.6. The first-order valence-corrected chi connectivity index (χ1v) is 5.49. The fraction of sp³-hybridized carbons (Fsp3) is 0.636. The summed E-state index contributed by atoms with van der Waals surface area (Å²) in [7, 11) is 0. The molecular weight excluding hydrogens is 192 g/mol. The second-order valence-corrected chi connectivity index (χ2v) is 3.78. The quantitative estimate of drug-likeness (QED) is 0.725. The van der Waals surface area contributed by atoms with Crippen molar-refractivity contribution in [1.29, 1.82) is 0 Å². The van der Waals surface area contributed by atoms with Gasteiger partial charge in [0.15, 0.2) is 6.29 Å². The minimum Gasteiger partial charge on any atom is -0.368 e. The van der Waals surface area contributed by atoms with Crippen LogP contribution in [-0.2, 0) is 11.3 Å². The van der Waals surface area contributed by atoms with Crippen molar-refractivity contribution in [2.75, 3.05) is 13.2 Å². The van der Waals surface area contributed by atoms with E-state index in [2.05, 4.69) is 22.1 Å². The van der Waals surface area contributed by atoms with Crippen molar-refractivity contribution in [3.8, 4) is 0 Å². The standard InChI is InChI=1S/C11H18N2O2/c1-2-15-11(14)8-9-10-4-3-6-13(10)7-5-12-9/h3-4,6,9,11-12,14H,2,5,7-8H2,1H3. The number of aliphatic hydroxyl groups excluding tert-OH is 1. The lowest BCUT2D eigenvalue weighted by Gasteiger charge is -2.27. The Bertz CT molecular complexity index is 311. The van der Waals surface area contributed by atoms with Crippen molar-refractivity contribution in [2.24, 2.45) is 0 Å². The zero-order chi connectivity index (χ0) is 10.7. The molecule has 0 aromatic carbocycles. The number of aliphatic hydroxyl groups is 1. The maximum atomic E-state index is 9.59. The molecule has 0 saturated heterocycles. The maximum absolute atomic E-state index is 9.59. The lowest BCUT2D eigenvalue weighted by Crippen LogP contribution is -2.35. The third kappa shape index (κ3) is 2.40. The maximum Gasteiger partial charge on any atom is 0.156 e. The van der Waals surface area contributed by atoms with Gasteiger partial charge in [-0.15, -0.1) is 0 Å². The van der Waals surface area contributed by atoms with Crippen LogP contribution in [-0.4, -0.2) is 29.1 Å². The van der Waals surface area contributed by atoms with E-state index in [4.69, 9.17) is 4.74 Å². The number of rotatable bonds is 4. The van der Waals surface area contributed by atoms with Gasteiger partial charge in [0, 0.05) is 38.0 Å². The average molecular weight is 210 g/mol. The minimum atomic E-state index is -0.672. The van der Waals surface area contributed by atoms with Gasteiger partial charge in [0.1, 0.15) is 0 Å². The van der Waals surface area contributed by atoms with Crippen LogP contribution < -0.4 is 5.32 Å². The van der Waals surface area contributed by atoms with E-state index in [-0.39, 0.29) is 6.04 Å². The van der Waals surface area contributed by atoms with Gasteiger partial charge in [-0.1, -0.05) is 0 Å². The summed E-state index contributed by atoms with van der Waals surface area (Å²) in [5.41, 5.74) is 1.24. The van der Waals surface area contributed by atoms with Crippen molar-refractivity contribution < 1.29 is 9.84 Å². The summed E-state index contributed by atoms with van der Waals surface area (Å²) in [6, 6.07) is 4.34. The van der Waals surface area contributed by atoms with Gasteiger partial charge in [-0.05, 0) is 19.1 Å². The molecule has 0 radical (unpaired) electrons. The van der Waals surface area contributed by atoms with Crippen LogP contribution in [0.3, 0.4) is 0 Å². The van der Waals surface area contributed by atoms with Gasteiger partial charge in [0.25, 0.3) is 0 Å². The molecule has 2 heterocycles. The number of nitrogens with one attached hydrogen (secondary N) is 1. The molecule has 1 aliphatic rings. The van der Waals surface area contributed by atoms with E-state index in [0.717, 1.165) is 13.1 Å². The second-order valence-electron chi connectivity index (χ2n) is 3.78. The number of hydrogen-bond acceptors (Lipinski definition) is 3. The fourth-order valence-electron chi connectivity index (χ4n) is 2.08. The summed E-state index contributed by atoms with van der Waals surface area (Å²) in [6.07, 6.45) is 2.02. The smallest absolute Gasteiger partial charge is 0.156 e. The predicted molar refractivity (Wildman–Crippen MR) is 57.4 cm³/mol. The molecule has 2 rings (SSSR count). The Kier molecular flexibility index (Phi) is 3.41. The summed E-state index contributed by atoms with van der Waals surface area (Å²) in [5, 5.41) is 13.0. The summed E-state index contributed by atoms with van der Waals surface area (Å²) >= 11 is 0. The van der Waals surface area contributed by atoms with E-state index in [1.165, 1.54) is 5.69 Å². The van der Waals surface area contributed by atoms with E-state index in [9.17, 15) is 5.11 Å². The Morgan fingerprint density at radius 3 is 3.40 bits per heavy atom. The highest BCUT2D eigenvalue weighted by Gasteiger charge is 2.21. The number of ether oxygens (including phenoxy) is 1. The molecule has 1 aromatic rings. The van der Waals surface area contributed by atoms with Crippen LogP contribution in [0.5, 0.6) is 0 Å². The molecule has 2 atom stereocenters. The largest absolute Gasteiger partial charge is 0.368 e. The van der Waals surface area contributed by atoms with E-state index in [1.54, 1.807) is 0 Å². The van der Waals surface area contributed by atoms with E-state index in [1.807, 2.05) is 13.0 Å². The average Bonchev–Trinajstić information content (AvgIpc) is 2.67. The SMILES string of the molecule is CCOC(O)CC1NCCn2cccc21. The van der Waals surface area contributed by atoms with Crippen LogP contribution in [0.1, 0.15) is 25.1 Å². The van der Waals surface area contributed by atoms with Gasteiger partial charge in [0.05, 0.1) is 6.04 Å². The molecule has 0 bridgehead atoms. The van der Waals surface area contributed by atoms with Gasteiger partial charge in [0.2, 0.25) is 0 Å². The molecule has 0 spiro atoms. The molecular formula is C11H18N2O2. The van der Waals surface area contributed by atoms with Crippen LogP contribution in [0.4, 0.5) is 0 Å². The van der Waals surface area contributed by atoms with E-state index < -0.39 is 6.29 Å². The van der Waals surface area contributed by atoms with Crippen LogP contribution in [0.2, 0.25) is 0 Å². The van der Waals surface area contributed by atoms with Crippen molar-refractivity contribution in [3.63, 3.8) is 0 Å². The number of nitrogens with zero attached hydrogens (tertiary/aromatic N) is 1. The Balaban J connectivity index is 2.00. The molecule has 0 saturated carbocycles. The van der Waals surface area contributed by atoms with Crippen LogP contribution in [0.15, 0.2) is 18.3 Å². The number of hydrogen-bond donors (Lipinski definition) is 2. The van der Waals surface area contributed by atoms with Gasteiger partial charge >= 0.3 is 0 Å². The molecule has 0 amide bonds. The molecule has 4 heteroatoms. The molecule has 0 aliphatic carbocycles. The predicted octanol–water partition coefficient (Wildman–Crippen LogP) is 0.877. The highest BCUT2D eigenvalue weighted by molar-refractivity contribution is 5.14. The van der Waals surface area contributed by atoms with Crippen LogP contribution in [0.25, 0.3) is 0 Å². The van der Waals surface area contributed by atoms with Crippen molar-refractivity contribution >= 4 is 0 Å². The Morgan fingerprint density at radius 1 is 1.73 bits per heavy atom. The first kappa shape index (κ1) is 10.7. The van der Waals surface area contributed by atoms with Crippen LogP contribution >= 0.6 is 0 Å². The lowest BCUT2D eigenvalue weighted by atomic mass is 10.1. The molecule has 2 unspecified atom stereocenters. The zero-order valence-electron chi connectivity index (χ0n) is 9.02. The second kappa shape index (κ2) is 4.79. The summed E-state index contributed by atoms with van der Waals surface area (Å²) in [4.78, 5) is 0. The van der Waals surface area contributed by atoms with E-state index >= 15 is 0 Å².